The van der Waals surface area contributed by atoms with E-state index in [1.807, 2.05) is 0 Å². The molecule has 0 radical (unpaired) electrons. The zero-order valence-electron chi connectivity index (χ0n) is 13.5. The molecule has 0 aliphatic rings. The van der Waals surface area contributed by atoms with Crippen molar-refractivity contribution in [2.24, 2.45) is 0 Å². The third kappa shape index (κ3) is 8.05. The van der Waals surface area contributed by atoms with E-state index in [2.05, 4.69) is 12.2 Å². The fourth-order valence-corrected chi connectivity index (χ4v) is 2.91. The summed E-state index contributed by atoms with van der Waals surface area (Å²) < 4.78 is 0. The van der Waals surface area contributed by atoms with Gasteiger partial charge in [0.05, 0.1) is 15.7 Å². The molecule has 0 saturated carbocycles. The molecule has 1 N–H and O–H groups in total. The largest absolute Gasteiger partial charge is 0.324 e. The van der Waals surface area contributed by atoms with E-state index in [9.17, 15) is 4.79 Å². The summed E-state index contributed by atoms with van der Waals surface area (Å²) in [4.78, 5) is 11.9. The highest BCUT2D eigenvalue weighted by Crippen LogP contribution is 2.29. The van der Waals surface area contributed by atoms with E-state index in [1.165, 1.54) is 44.9 Å². The predicted molar refractivity (Wildman–Crippen MR) is 96.9 cm³/mol. The molecule has 4 heteroatoms. The zero-order chi connectivity index (χ0) is 16.2. The van der Waals surface area contributed by atoms with E-state index in [4.69, 9.17) is 23.2 Å². The normalized spacial score (nSPS) is 10.7. The van der Waals surface area contributed by atoms with Crippen molar-refractivity contribution in [2.75, 3.05) is 5.32 Å². The summed E-state index contributed by atoms with van der Waals surface area (Å²) in [5, 5.41) is 3.76. The lowest BCUT2D eigenvalue weighted by atomic mass is 10.1. The minimum absolute atomic E-state index is 0.0158. The molecule has 2 nitrogen and oxygen atoms in total. The van der Waals surface area contributed by atoms with Crippen LogP contribution in [0, 0.1) is 0 Å². The molecule has 0 bridgehead atoms. The van der Waals surface area contributed by atoms with Gasteiger partial charge >= 0.3 is 0 Å². The van der Waals surface area contributed by atoms with Crippen LogP contribution in [0.25, 0.3) is 0 Å². The van der Waals surface area contributed by atoms with Crippen LogP contribution in [0.15, 0.2) is 18.2 Å². The van der Waals surface area contributed by atoms with Crippen LogP contribution in [-0.2, 0) is 4.79 Å². The second kappa shape index (κ2) is 11.8. The summed E-state index contributed by atoms with van der Waals surface area (Å²) in [6, 6.07) is 5.21. The summed E-state index contributed by atoms with van der Waals surface area (Å²) >= 11 is 12.1. The third-order valence-electron chi connectivity index (χ3n) is 3.73. The van der Waals surface area contributed by atoms with E-state index in [0.29, 0.717) is 22.2 Å². The van der Waals surface area contributed by atoms with Crippen molar-refractivity contribution in [1.29, 1.82) is 0 Å². The van der Waals surface area contributed by atoms with Gasteiger partial charge in [0.15, 0.2) is 0 Å². The fraction of sp³-hybridized carbons (Fsp3) is 0.611. The third-order valence-corrected chi connectivity index (χ3v) is 4.36. The van der Waals surface area contributed by atoms with E-state index >= 15 is 0 Å². The van der Waals surface area contributed by atoms with Gasteiger partial charge in [-0.2, -0.15) is 0 Å². The molecule has 0 aliphatic heterocycles. The van der Waals surface area contributed by atoms with Gasteiger partial charge in [-0.3, -0.25) is 4.79 Å². The van der Waals surface area contributed by atoms with Gasteiger partial charge in [0.1, 0.15) is 0 Å². The number of para-hydroxylation sites is 1. The number of hydrogen-bond donors (Lipinski definition) is 1. The zero-order valence-corrected chi connectivity index (χ0v) is 15.0. The summed E-state index contributed by atoms with van der Waals surface area (Å²) in [5.74, 6) is -0.0158. The molecule has 124 valence electrons. The molecule has 1 aromatic rings. The van der Waals surface area contributed by atoms with Crippen LogP contribution in [-0.4, -0.2) is 5.91 Å². The second-order valence-electron chi connectivity index (χ2n) is 5.72. The van der Waals surface area contributed by atoms with Crippen LogP contribution in [0.1, 0.15) is 71.1 Å². The molecule has 0 spiro atoms. The van der Waals surface area contributed by atoms with Crippen LogP contribution < -0.4 is 5.32 Å². The van der Waals surface area contributed by atoms with Crippen molar-refractivity contribution < 1.29 is 4.79 Å². The predicted octanol–water partition coefficient (Wildman–Crippen LogP) is 6.85. The van der Waals surface area contributed by atoms with Crippen molar-refractivity contribution in [3.05, 3.63) is 28.2 Å². The molecule has 1 amide bonds. The molecule has 0 aromatic heterocycles. The summed E-state index contributed by atoms with van der Waals surface area (Å²) in [5.41, 5.74) is 0.520. The smallest absolute Gasteiger partial charge is 0.224 e. The quantitative estimate of drug-likeness (QED) is 0.437. The first-order valence-corrected chi connectivity index (χ1v) is 9.14. The molecule has 0 heterocycles. The van der Waals surface area contributed by atoms with E-state index in [-0.39, 0.29) is 5.91 Å². The number of carbonyl (C=O) groups is 1. The number of unbranched alkanes of at least 4 members (excludes halogenated alkanes) is 8. The number of nitrogens with one attached hydrogen (secondary N) is 1. The van der Waals surface area contributed by atoms with Crippen molar-refractivity contribution in [1.82, 2.24) is 0 Å². The lowest BCUT2D eigenvalue weighted by Gasteiger charge is -2.09. The molecular weight excluding hydrogens is 317 g/mol. The monoisotopic (exact) mass is 343 g/mol. The minimum Gasteiger partial charge on any atom is -0.324 e. The summed E-state index contributed by atoms with van der Waals surface area (Å²) in [6.45, 7) is 2.24. The van der Waals surface area contributed by atoms with Crippen LogP contribution in [0.3, 0.4) is 0 Å². The highest BCUT2D eigenvalue weighted by molar-refractivity contribution is 6.39. The first-order valence-electron chi connectivity index (χ1n) is 8.39. The second-order valence-corrected chi connectivity index (χ2v) is 6.54. The Bertz CT molecular complexity index is 428. The molecule has 0 saturated heterocycles. The maximum absolute atomic E-state index is 11.9. The molecule has 1 aromatic carbocycles. The van der Waals surface area contributed by atoms with Crippen LogP contribution >= 0.6 is 23.2 Å². The number of carbonyl (C=O) groups excluding carboxylic acids is 1. The minimum atomic E-state index is -0.0158. The molecule has 0 aliphatic carbocycles. The molecule has 0 fully saturated rings. The Morgan fingerprint density at radius 2 is 1.41 bits per heavy atom. The Morgan fingerprint density at radius 3 is 1.95 bits per heavy atom. The first kappa shape index (κ1) is 19.3. The molecule has 22 heavy (non-hydrogen) atoms. The Balaban J connectivity index is 2.09. The lowest BCUT2D eigenvalue weighted by molar-refractivity contribution is -0.116. The number of benzene rings is 1. The van der Waals surface area contributed by atoms with Crippen LogP contribution in [0.4, 0.5) is 5.69 Å². The average Bonchev–Trinajstić information content (AvgIpc) is 2.49. The topological polar surface area (TPSA) is 29.1 Å². The van der Waals surface area contributed by atoms with Gasteiger partial charge in [-0.05, 0) is 18.6 Å². The Hall–Kier alpha value is -0.730. The van der Waals surface area contributed by atoms with Gasteiger partial charge in [-0.25, -0.2) is 0 Å². The molecule has 1 rings (SSSR count). The molecule has 0 unspecified atom stereocenters. The maximum Gasteiger partial charge on any atom is 0.224 e. The highest BCUT2D eigenvalue weighted by atomic mass is 35.5. The van der Waals surface area contributed by atoms with E-state index in [1.54, 1.807) is 18.2 Å². The fourth-order valence-electron chi connectivity index (χ4n) is 2.42. The standard InChI is InChI=1S/C18H27Cl2NO/c1-2-3-4-5-6-7-8-9-10-14-17(22)21-18-15(19)12-11-13-16(18)20/h11-13H,2-10,14H2,1H3,(H,21,22). The van der Waals surface area contributed by atoms with Gasteiger partial charge < -0.3 is 5.32 Å². The van der Waals surface area contributed by atoms with E-state index < -0.39 is 0 Å². The van der Waals surface area contributed by atoms with Crippen molar-refractivity contribution in [2.45, 2.75) is 71.1 Å². The Morgan fingerprint density at radius 1 is 0.909 bits per heavy atom. The van der Waals surface area contributed by atoms with Gasteiger partial charge in [0, 0.05) is 6.42 Å². The Kier molecular flexibility index (Phi) is 10.3. The maximum atomic E-state index is 11.9. The average molecular weight is 344 g/mol. The van der Waals surface area contributed by atoms with Gasteiger partial charge in [-0.1, -0.05) is 87.6 Å². The van der Waals surface area contributed by atoms with Crippen LogP contribution in [0.5, 0.6) is 0 Å². The SMILES string of the molecule is CCCCCCCCCCCC(=O)Nc1c(Cl)cccc1Cl. The summed E-state index contributed by atoms with van der Waals surface area (Å²) in [7, 11) is 0. The number of halogens is 2. The molecular formula is C18H27Cl2NO. The van der Waals surface area contributed by atoms with Gasteiger partial charge in [-0.15, -0.1) is 0 Å². The summed E-state index contributed by atoms with van der Waals surface area (Å²) in [6.07, 6.45) is 11.7. The first-order chi connectivity index (χ1) is 10.6. The van der Waals surface area contributed by atoms with Crippen molar-refractivity contribution >= 4 is 34.8 Å². The van der Waals surface area contributed by atoms with Crippen molar-refractivity contribution in [3.8, 4) is 0 Å². The van der Waals surface area contributed by atoms with Gasteiger partial charge in [0.2, 0.25) is 5.91 Å². The number of hydrogen-bond acceptors (Lipinski definition) is 1. The van der Waals surface area contributed by atoms with Gasteiger partial charge in [0.25, 0.3) is 0 Å². The highest BCUT2D eigenvalue weighted by Gasteiger charge is 2.09. The van der Waals surface area contributed by atoms with Crippen molar-refractivity contribution in [3.63, 3.8) is 0 Å². The molecule has 0 atom stereocenters. The number of anilines is 1. The number of amides is 1. The Labute approximate surface area is 144 Å². The van der Waals surface area contributed by atoms with E-state index in [0.717, 1.165) is 12.8 Å². The van der Waals surface area contributed by atoms with Crippen LogP contribution in [0.2, 0.25) is 10.0 Å². The lowest BCUT2D eigenvalue weighted by Crippen LogP contribution is -2.11. The number of rotatable bonds is 11.